The zero-order valence-corrected chi connectivity index (χ0v) is 15.8. The molecule has 3 heterocycles. The lowest BCUT2D eigenvalue weighted by molar-refractivity contribution is -0.138. The highest BCUT2D eigenvalue weighted by molar-refractivity contribution is 5.81. The number of nitrogens with one attached hydrogen (secondary N) is 1. The number of fused-ring (bicyclic) bond motifs is 1. The summed E-state index contributed by atoms with van der Waals surface area (Å²) in [5, 5.41) is 11.6. The van der Waals surface area contributed by atoms with Gasteiger partial charge in [0.25, 0.3) is 6.47 Å². The third kappa shape index (κ3) is 3.83. The number of carbonyl (C=O) groups is 1. The summed E-state index contributed by atoms with van der Waals surface area (Å²) in [4.78, 5) is 17.1. The quantitative estimate of drug-likeness (QED) is 0.504. The van der Waals surface area contributed by atoms with E-state index in [4.69, 9.17) is 4.74 Å². The topological polar surface area (TPSA) is 84.6 Å². The second-order valence-corrected chi connectivity index (χ2v) is 6.84. The van der Waals surface area contributed by atoms with Gasteiger partial charge in [-0.1, -0.05) is 12.2 Å². The number of carbonyl (C=O) groups excluding carboxylic acids is 1. The maximum atomic E-state index is 13.0. The van der Waals surface area contributed by atoms with Crippen molar-refractivity contribution in [1.29, 1.82) is 0 Å². The predicted molar refractivity (Wildman–Crippen MR) is 102 cm³/mol. The molecule has 0 unspecified atom stereocenters. The van der Waals surface area contributed by atoms with Crippen LogP contribution < -0.4 is 10.1 Å². The number of rotatable bonds is 5. The minimum absolute atomic E-state index is 0.00882. The Morgan fingerprint density at radius 1 is 1.30 bits per heavy atom. The molecule has 0 radical (unpaired) electrons. The number of hydrogen-bond acceptors (Lipinski definition) is 7. The van der Waals surface area contributed by atoms with Gasteiger partial charge in [-0.2, -0.15) is 13.2 Å². The maximum absolute atomic E-state index is 13.0. The van der Waals surface area contributed by atoms with Crippen molar-refractivity contribution in [2.75, 3.05) is 25.5 Å². The third-order valence-electron chi connectivity index (χ3n) is 4.70. The average Bonchev–Trinajstić information content (AvgIpc) is 3.18. The number of likely N-dealkylation sites (N-methyl/N-ethyl adjacent to an activating group) is 1. The predicted octanol–water partition coefficient (Wildman–Crippen LogP) is 2.63. The SMILES string of the molecule is CN1CC=C[C@@H](Nc2nnc(-c3ccc(C(F)(F)F)cc3OC=O)c3cncn23)C1. The number of aromatic nitrogens is 4. The first-order chi connectivity index (χ1) is 14.4. The highest BCUT2D eigenvalue weighted by Gasteiger charge is 2.32. The van der Waals surface area contributed by atoms with Crippen molar-refractivity contribution in [3.8, 4) is 17.0 Å². The number of hydrogen-bond donors (Lipinski definition) is 1. The first-order valence-electron chi connectivity index (χ1n) is 8.99. The van der Waals surface area contributed by atoms with Crippen LogP contribution in [-0.4, -0.2) is 57.1 Å². The van der Waals surface area contributed by atoms with Gasteiger partial charge in [-0.3, -0.25) is 9.20 Å². The Bertz CT molecular complexity index is 1110. The summed E-state index contributed by atoms with van der Waals surface area (Å²) in [5.74, 6) is 0.163. The van der Waals surface area contributed by atoms with Gasteiger partial charge in [-0.05, 0) is 25.2 Å². The summed E-state index contributed by atoms with van der Waals surface area (Å²) < 4.78 is 45.6. The van der Waals surface area contributed by atoms with Crippen molar-refractivity contribution in [2.45, 2.75) is 12.2 Å². The average molecular weight is 418 g/mol. The summed E-state index contributed by atoms with van der Waals surface area (Å²) in [6, 6.07) is 2.86. The van der Waals surface area contributed by atoms with Gasteiger partial charge in [0.2, 0.25) is 5.95 Å². The zero-order chi connectivity index (χ0) is 21.3. The van der Waals surface area contributed by atoms with E-state index in [-0.39, 0.29) is 29.5 Å². The molecular weight excluding hydrogens is 401 g/mol. The fourth-order valence-electron chi connectivity index (χ4n) is 3.31. The van der Waals surface area contributed by atoms with Crippen LogP contribution in [0.3, 0.4) is 0 Å². The van der Waals surface area contributed by atoms with Crippen molar-refractivity contribution in [2.24, 2.45) is 0 Å². The number of benzene rings is 1. The summed E-state index contributed by atoms with van der Waals surface area (Å²) in [6.45, 7) is 1.70. The van der Waals surface area contributed by atoms with E-state index in [2.05, 4.69) is 25.4 Å². The van der Waals surface area contributed by atoms with Gasteiger partial charge >= 0.3 is 6.18 Å². The number of alkyl halides is 3. The molecule has 2 aromatic heterocycles. The van der Waals surface area contributed by atoms with E-state index in [9.17, 15) is 18.0 Å². The molecule has 1 N–H and O–H groups in total. The van der Waals surface area contributed by atoms with Gasteiger partial charge in [0.1, 0.15) is 17.8 Å². The molecule has 0 spiro atoms. The van der Waals surface area contributed by atoms with Crippen LogP contribution in [0.4, 0.5) is 19.1 Å². The lowest BCUT2D eigenvalue weighted by Crippen LogP contribution is -2.37. The van der Waals surface area contributed by atoms with E-state index in [0.717, 1.165) is 25.2 Å². The molecular formula is C19H17F3N6O2. The maximum Gasteiger partial charge on any atom is 0.416 e. The molecule has 3 aromatic rings. The summed E-state index contributed by atoms with van der Waals surface area (Å²) in [6.07, 6.45) is 2.53. The molecule has 0 fully saturated rings. The third-order valence-corrected chi connectivity index (χ3v) is 4.70. The molecule has 4 rings (SSSR count). The van der Waals surface area contributed by atoms with E-state index in [1.165, 1.54) is 18.6 Å². The number of anilines is 1. The van der Waals surface area contributed by atoms with Crippen LogP contribution in [0, 0.1) is 0 Å². The molecule has 1 atom stereocenters. The van der Waals surface area contributed by atoms with Crippen LogP contribution >= 0.6 is 0 Å². The van der Waals surface area contributed by atoms with Crippen LogP contribution in [0.25, 0.3) is 16.8 Å². The molecule has 0 amide bonds. The highest BCUT2D eigenvalue weighted by Crippen LogP contribution is 2.37. The first-order valence-corrected chi connectivity index (χ1v) is 8.99. The number of imidazole rings is 1. The van der Waals surface area contributed by atoms with Crippen LogP contribution in [0.5, 0.6) is 5.75 Å². The largest absolute Gasteiger partial charge is 0.428 e. The standard InChI is InChI=1S/C19H17F3N6O2/c1-27-6-2-3-13(9-27)24-18-26-25-17(15-8-23-10-28(15)18)14-5-4-12(19(20,21)22)7-16(14)30-11-29/h2-5,7-8,10-11,13H,6,9H2,1H3,(H,24,26)/t13-/m1/s1. The zero-order valence-electron chi connectivity index (χ0n) is 15.8. The Morgan fingerprint density at radius 3 is 2.87 bits per heavy atom. The number of nitrogens with zero attached hydrogens (tertiary/aromatic N) is 5. The molecule has 8 nitrogen and oxygen atoms in total. The van der Waals surface area contributed by atoms with Crippen LogP contribution in [-0.2, 0) is 11.0 Å². The van der Waals surface area contributed by atoms with Gasteiger partial charge in [0, 0.05) is 18.7 Å². The van der Waals surface area contributed by atoms with Crippen LogP contribution in [0.15, 0.2) is 42.9 Å². The highest BCUT2D eigenvalue weighted by atomic mass is 19.4. The van der Waals surface area contributed by atoms with Crippen molar-refractivity contribution in [3.05, 3.63) is 48.4 Å². The molecule has 11 heteroatoms. The van der Waals surface area contributed by atoms with Gasteiger partial charge < -0.3 is 15.0 Å². The molecule has 30 heavy (non-hydrogen) atoms. The van der Waals surface area contributed by atoms with Gasteiger partial charge in [0.15, 0.2) is 0 Å². The molecule has 0 aliphatic carbocycles. The first kappa shape index (κ1) is 19.8. The fraction of sp³-hybridized carbons (Fsp3) is 0.263. The fourth-order valence-corrected chi connectivity index (χ4v) is 3.31. The Morgan fingerprint density at radius 2 is 2.13 bits per heavy atom. The summed E-state index contributed by atoms with van der Waals surface area (Å²) in [7, 11) is 2.00. The Hall–Kier alpha value is -3.47. The Labute approximate surface area is 169 Å². The molecule has 1 aliphatic rings. The van der Waals surface area contributed by atoms with Crippen molar-refractivity contribution < 1.29 is 22.7 Å². The molecule has 1 aliphatic heterocycles. The normalized spacial score (nSPS) is 17.3. The monoisotopic (exact) mass is 418 g/mol. The molecule has 1 aromatic carbocycles. The van der Waals surface area contributed by atoms with Gasteiger partial charge in [-0.15, -0.1) is 10.2 Å². The molecule has 156 valence electrons. The second kappa shape index (κ2) is 7.75. The summed E-state index contributed by atoms with van der Waals surface area (Å²) >= 11 is 0. The van der Waals surface area contributed by atoms with Crippen LogP contribution in [0.2, 0.25) is 0 Å². The van der Waals surface area contributed by atoms with Crippen molar-refractivity contribution in [3.63, 3.8) is 0 Å². The van der Waals surface area contributed by atoms with E-state index in [1.807, 2.05) is 19.2 Å². The van der Waals surface area contributed by atoms with E-state index < -0.39 is 11.7 Å². The van der Waals surface area contributed by atoms with E-state index in [1.54, 1.807) is 4.40 Å². The smallest absolute Gasteiger partial charge is 0.416 e. The van der Waals surface area contributed by atoms with Gasteiger partial charge in [-0.25, -0.2) is 4.98 Å². The lowest BCUT2D eigenvalue weighted by atomic mass is 10.1. The molecule has 0 saturated carbocycles. The Kier molecular flexibility index (Phi) is 5.12. The van der Waals surface area contributed by atoms with E-state index in [0.29, 0.717) is 11.5 Å². The second-order valence-electron chi connectivity index (χ2n) is 6.84. The molecule has 0 saturated heterocycles. The molecule has 0 bridgehead atoms. The van der Waals surface area contributed by atoms with Crippen molar-refractivity contribution in [1.82, 2.24) is 24.5 Å². The Balaban J connectivity index is 1.76. The van der Waals surface area contributed by atoms with Crippen molar-refractivity contribution >= 4 is 17.9 Å². The summed E-state index contributed by atoms with van der Waals surface area (Å²) in [5.41, 5.74) is -0.0138. The van der Waals surface area contributed by atoms with E-state index >= 15 is 0 Å². The number of halogens is 3. The lowest BCUT2D eigenvalue weighted by Gasteiger charge is -2.26. The number of ether oxygens (including phenoxy) is 1. The van der Waals surface area contributed by atoms with Gasteiger partial charge in [0.05, 0.1) is 23.3 Å². The minimum atomic E-state index is -4.58. The minimum Gasteiger partial charge on any atom is -0.428 e. The van der Waals surface area contributed by atoms with Crippen LogP contribution in [0.1, 0.15) is 5.56 Å².